The van der Waals surface area contributed by atoms with Gasteiger partial charge in [0, 0.05) is 19.3 Å². The first-order valence-electron chi connectivity index (χ1n) is 9.57. The monoisotopic (exact) mass is 348 g/mol. The summed E-state index contributed by atoms with van der Waals surface area (Å²) in [5, 5.41) is 1.20. The number of hydrogen-bond donors (Lipinski definition) is 0. The summed E-state index contributed by atoms with van der Waals surface area (Å²) in [6, 6.07) is 0. The Balaban J connectivity index is 1.54. The van der Waals surface area contributed by atoms with E-state index in [2.05, 4.69) is 19.6 Å². The average molecular weight is 349 g/mol. The number of carbonyl (C=O) groups is 1. The zero-order valence-corrected chi connectivity index (χ0v) is 16.1. The van der Waals surface area contributed by atoms with Gasteiger partial charge in [-0.1, -0.05) is 19.6 Å². The van der Waals surface area contributed by atoms with Crippen LogP contribution in [0.15, 0.2) is 10.8 Å². The molecular weight excluding hydrogens is 320 g/mol. The molecule has 0 unspecified atom stereocenters. The summed E-state index contributed by atoms with van der Waals surface area (Å²) in [4.78, 5) is 12.9. The maximum absolute atomic E-state index is 12.9. The van der Waals surface area contributed by atoms with Crippen molar-refractivity contribution in [3.63, 3.8) is 0 Å². The van der Waals surface area contributed by atoms with E-state index in [1.54, 1.807) is 0 Å². The number of hydrogen-bond acceptors (Lipinski definition) is 4. The second kappa shape index (κ2) is 4.61. The molecule has 0 aromatic rings. The van der Waals surface area contributed by atoms with Crippen LogP contribution in [-0.2, 0) is 19.0 Å². The third-order valence-corrected chi connectivity index (χ3v) is 9.19. The molecule has 2 aliphatic heterocycles. The third-order valence-electron chi connectivity index (χ3n) is 7.11. The summed E-state index contributed by atoms with van der Waals surface area (Å²) in [7, 11) is -1.63. The van der Waals surface area contributed by atoms with Crippen LogP contribution >= 0.6 is 0 Å². The molecule has 0 radical (unpaired) electrons. The molecule has 0 amide bonds. The van der Waals surface area contributed by atoms with E-state index < -0.39 is 8.07 Å². The van der Waals surface area contributed by atoms with E-state index in [9.17, 15) is 4.79 Å². The molecule has 0 aromatic carbocycles. The van der Waals surface area contributed by atoms with Crippen LogP contribution in [0.2, 0.25) is 19.6 Å². The summed E-state index contributed by atoms with van der Waals surface area (Å²) in [5.74, 6) is 0.493. The Morgan fingerprint density at radius 2 is 1.88 bits per heavy atom. The Bertz CT molecular complexity index is 642. The molecule has 2 saturated heterocycles. The average Bonchev–Trinajstić information content (AvgIpc) is 2.79. The molecular formula is C19H28O4Si. The lowest BCUT2D eigenvalue weighted by Gasteiger charge is -2.40. The van der Waals surface area contributed by atoms with Crippen LogP contribution < -0.4 is 0 Å². The fourth-order valence-corrected chi connectivity index (χ4v) is 8.44. The van der Waals surface area contributed by atoms with E-state index in [-0.39, 0.29) is 17.0 Å². The van der Waals surface area contributed by atoms with Gasteiger partial charge >= 0.3 is 0 Å². The SMILES string of the molecule is C[Si](C)(C)C1=C2CCC[C@H]3CC4(CC[C@]35O[C@]25CC1=O)OCCO4. The van der Waals surface area contributed by atoms with E-state index in [4.69, 9.17) is 14.2 Å². The summed E-state index contributed by atoms with van der Waals surface area (Å²) in [5.41, 5.74) is 1.05. The summed E-state index contributed by atoms with van der Waals surface area (Å²) in [6.07, 6.45) is 6.84. The van der Waals surface area contributed by atoms with Crippen molar-refractivity contribution < 1.29 is 19.0 Å². The van der Waals surface area contributed by atoms with Crippen LogP contribution in [0.1, 0.15) is 44.9 Å². The van der Waals surface area contributed by atoms with Crippen LogP contribution in [-0.4, -0.2) is 44.1 Å². The zero-order chi connectivity index (χ0) is 16.8. The van der Waals surface area contributed by atoms with Crippen molar-refractivity contribution in [1.29, 1.82) is 0 Å². The fraction of sp³-hybridized carbons (Fsp3) is 0.842. The van der Waals surface area contributed by atoms with Crippen LogP contribution in [0, 0.1) is 5.92 Å². The Morgan fingerprint density at radius 1 is 1.12 bits per heavy atom. The highest BCUT2D eigenvalue weighted by atomic mass is 28.3. The van der Waals surface area contributed by atoms with Crippen molar-refractivity contribution in [3.05, 3.63) is 10.8 Å². The van der Waals surface area contributed by atoms with Gasteiger partial charge in [0.25, 0.3) is 0 Å². The van der Waals surface area contributed by atoms with E-state index in [0.717, 1.165) is 38.9 Å². The molecule has 5 rings (SSSR count). The zero-order valence-electron chi connectivity index (χ0n) is 15.1. The first kappa shape index (κ1) is 15.7. The Morgan fingerprint density at radius 3 is 2.58 bits per heavy atom. The molecule has 2 saturated carbocycles. The van der Waals surface area contributed by atoms with E-state index in [0.29, 0.717) is 18.1 Å². The highest BCUT2D eigenvalue weighted by molar-refractivity contribution is 6.87. The van der Waals surface area contributed by atoms with Crippen molar-refractivity contribution in [2.45, 2.75) is 81.6 Å². The number of ether oxygens (including phenoxy) is 3. The van der Waals surface area contributed by atoms with E-state index in [1.165, 1.54) is 23.6 Å². The number of rotatable bonds is 1. The standard InChI is InChI=1S/C19H28O4Si/c1-24(2,3)16-14-6-4-5-13-11-17(21-9-10-22-17)7-8-18(13)19(14,23-18)12-15(16)20/h13H,4-12H2,1-3H3/t13-,18-,19+/m0/s1. The predicted octanol–water partition coefficient (Wildman–Crippen LogP) is 3.37. The van der Waals surface area contributed by atoms with Crippen molar-refractivity contribution >= 4 is 13.9 Å². The van der Waals surface area contributed by atoms with Crippen molar-refractivity contribution in [1.82, 2.24) is 0 Å². The molecule has 3 atom stereocenters. The second-order valence-corrected chi connectivity index (χ2v) is 14.4. The fourth-order valence-electron chi connectivity index (χ4n) is 6.29. The van der Waals surface area contributed by atoms with E-state index >= 15 is 0 Å². The Labute approximate surface area is 144 Å². The minimum absolute atomic E-state index is 0.101. The number of Topliss-reactive ketones (excluding diaryl/α,β-unsaturated/α-hetero) is 1. The smallest absolute Gasteiger partial charge is 0.168 e. The van der Waals surface area contributed by atoms with Gasteiger partial charge in [0.1, 0.15) is 11.2 Å². The number of allylic oxidation sites excluding steroid dienone is 1. The van der Waals surface area contributed by atoms with Crippen molar-refractivity contribution in [2.75, 3.05) is 13.2 Å². The highest BCUT2D eigenvalue weighted by Crippen LogP contribution is 2.71. The molecule has 0 aromatic heterocycles. The molecule has 3 spiro atoms. The van der Waals surface area contributed by atoms with Crippen LogP contribution in [0.25, 0.3) is 0 Å². The Hall–Kier alpha value is -0.493. The van der Waals surface area contributed by atoms with Crippen molar-refractivity contribution in [2.24, 2.45) is 5.92 Å². The highest BCUT2D eigenvalue weighted by Gasteiger charge is 2.79. The maximum Gasteiger partial charge on any atom is 0.168 e. The lowest BCUT2D eigenvalue weighted by molar-refractivity contribution is -0.197. The second-order valence-electron chi connectivity index (χ2n) is 9.42. The van der Waals surface area contributed by atoms with Gasteiger partial charge in [-0.3, -0.25) is 4.79 Å². The topological polar surface area (TPSA) is 48.1 Å². The van der Waals surface area contributed by atoms with Crippen LogP contribution in [0.5, 0.6) is 0 Å². The van der Waals surface area contributed by atoms with Gasteiger partial charge in [0.05, 0.1) is 21.3 Å². The molecule has 2 heterocycles. The molecule has 5 heteroatoms. The Kier molecular flexibility index (Phi) is 3.02. The summed E-state index contributed by atoms with van der Waals surface area (Å²) < 4.78 is 18.6. The van der Waals surface area contributed by atoms with Gasteiger partial charge in [-0.05, 0) is 42.4 Å². The van der Waals surface area contributed by atoms with E-state index in [1.807, 2.05) is 0 Å². The maximum atomic E-state index is 12.9. The molecule has 0 N–H and O–H groups in total. The normalized spacial score (nSPS) is 43.5. The lowest BCUT2D eigenvalue weighted by atomic mass is 9.68. The summed E-state index contributed by atoms with van der Waals surface area (Å²) >= 11 is 0. The van der Waals surface area contributed by atoms with Gasteiger partial charge in [-0.25, -0.2) is 0 Å². The first-order chi connectivity index (χ1) is 11.3. The van der Waals surface area contributed by atoms with Gasteiger partial charge < -0.3 is 14.2 Å². The number of ketones is 1. The molecule has 24 heavy (non-hydrogen) atoms. The van der Waals surface area contributed by atoms with Gasteiger partial charge in [-0.15, -0.1) is 0 Å². The molecule has 0 bridgehead atoms. The van der Waals surface area contributed by atoms with Crippen molar-refractivity contribution in [3.8, 4) is 0 Å². The van der Waals surface area contributed by atoms with Gasteiger partial charge in [-0.2, -0.15) is 0 Å². The predicted molar refractivity (Wildman–Crippen MR) is 92.4 cm³/mol. The molecule has 132 valence electrons. The molecule has 5 aliphatic rings. The molecule has 3 aliphatic carbocycles. The van der Waals surface area contributed by atoms with Gasteiger partial charge in [0.2, 0.25) is 0 Å². The third kappa shape index (κ3) is 1.82. The lowest BCUT2D eigenvalue weighted by Crippen LogP contribution is -2.46. The molecule has 4 fully saturated rings. The largest absolute Gasteiger partial charge is 0.357 e. The quantitative estimate of drug-likeness (QED) is 0.538. The van der Waals surface area contributed by atoms with Gasteiger partial charge in [0.15, 0.2) is 11.6 Å². The first-order valence-corrected chi connectivity index (χ1v) is 13.1. The molecule has 4 nitrogen and oxygen atoms in total. The van der Waals surface area contributed by atoms with Crippen LogP contribution in [0.4, 0.5) is 0 Å². The summed E-state index contributed by atoms with van der Waals surface area (Å²) in [6.45, 7) is 8.35. The van der Waals surface area contributed by atoms with Crippen LogP contribution in [0.3, 0.4) is 0 Å². The minimum Gasteiger partial charge on any atom is -0.357 e. The number of carbonyl (C=O) groups excluding carboxylic acids is 1. The minimum atomic E-state index is -1.63. The number of epoxide rings is 1.